The Bertz CT molecular complexity index is 885. The second-order valence-electron chi connectivity index (χ2n) is 8.44. The number of likely N-dealkylation sites (tertiary alicyclic amines) is 1. The number of anilines is 1. The number of benzene rings is 1. The molecule has 2 aliphatic heterocycles. The van der Waals surface area contributed by atoms with Gasteiger partial charge in [0.1, 0.15) is 17.5 Å². The second kappa shape index (κ2) is 8.09. The average Bonchev–Trinajstić information content (AvgIpc) is 3.12. The molecule has 2 saturated heterocycles. The lowest BCUT2D eigenvalue weighted by Crippen LogP contribution is -2.49. The van der Waals surface area contributed by atoms with Crippen LogP contribution < -0.4 is 4.90 Å². The van der Waals surface area contributed by atoms with Gasteiger partial charge in [-0.3, -0.25) is 4.79 Å². The van der Waals surface area contributed by atoms with Crippen LogP contribution in [0.1, 0.15) is 49.7 Å². The van der Waals surface area contributed by atoms with E-state index >= 15 is 0 Å². The van der Waals surface area contributed by atoms with Crippen LogP contribution in [0.4, 0.5) is 10.2 Å². The van der Waals surface area contributed by atoms with Crippen molar-refractivity contribution in [1.29, 1.82) is 0 Å². The molecule has 0 radical (unpaired) electrons. The predicted molar refractivity (Wildman–Crippen MR) is 111 cm³/mol. The lowest BCUT2D eigenvalue weighted by Gasteiger charge is -2.39. The van der Waals surface area contributed by atoms with E-state index < -0.39 is 0 Å². The molecule has 5 nitrogen and oxygen atoms in total. The normalized spacial score (nSPS) is 22.0. The van der Waals surface area contributed by atoms with Crippen LogP contribution in [-0.4, -0.2) is 40.4 Å². The van der Waals surface area contributed by atoms with Crippen LogP contribution in [0, 0.1) is 18.2 Å². The first-order chi connectivity index (χ1) is 14.0. The van der Waals surface area contributed by atoms with Crippen LogP contribution in [0.2, 0.25) is 0 Å². The third-order valence-corrected chi connectivity index (χ3v) is 6.15. The summed E-state index contributed by atoms with van der Waals surface area (Å²) in [5.41, 5.74) is 1.62. The molecule has 154 valence electrons. The Morgan fingerprint density at radius 2 is 1.93 bits per heavy atom. The molecule has 3 heterocycles. The van der Waals surface area contributed by atoms with Gasteiger partial charge in [-0.1, -0.05) is 19.1 Å². The van der Waals surface area contributed by atoms with E-state index in [9.17, 15) is 9.18 Å². The highest BCUT2D eigenvalue weighted by molar-refractivity contribution is 5.85. The lowest BCUT2D eigenvalue weighted by atomic mass is 9.78. The minimum Gasteiger partial charge on any atom is -0.355 e. The van der Waals surface area contributed by atoms with Gasteiger partial charge in [0.2, 0.25) is 5.91 Å². The van der Waals surface area contributed by atoms with Gasteiger partial charge in [0.15, 0.2) is 0 Å². The van der Waals surface area contributed by atoms with E-state index in [0.29, 0.717) is 13.1 Å². The molecule has 29 heavy (non-hydrogen) atoms. The van der Waals surface area contributed by atoms with E-state index in [1.165, 1.54) is 12.1 Å². The highest BCUT2D eigenvalue weighted by Crippen LogP contribution is 2.41. The zero-order valence-electron chi connectivity index (χ0n) is 17.3. The Morgan fingerprint density at radius 3 is 2.69 bits per heavy atom. The fourth-order valence-electron chi connectivity index (χ4n) is 4.67. The Hall–Kier alpha value is -2.50. The zero-order chi connectivity index (χ0) is 20.4. The molecule has 0 saturated carbocycles. The first-order valence-electron chi connectivity index (χ1n) is 10.6. The van der Waals surface area contributed by atoms with E-state index in [1.54, 1.807) is 12.1 Å². The van der Waals surface area contributed by atoms with Crippen molar-refractivity contribution in [3.63, 3.8) is 0 Å². The predicted octanol–water partition coefficient (Wildman–Crippen LogP) is 3.90. The molecule has 0 unspecified atom stereocenters. The van der Waals surface area contributed by atoms with Crippen LogP contribution in [0.3, 0.4) is 0 Å². The summed E-state index contributed by atoms with van der Waals surface area (Å²) in [6.45, 7) is 7.02. The number of aromatic nitrogens is 2. The molecule has 1 amide bonds. The van der Waals surface area contributed by atoms with Gasteiger partial charge >= 0.3 is 0 Å². The van der Waals surface area contributed by atoms with Gasteiger partial charge in [-0.15, -0.1) is 0 Å². The second-order valence-corrected chi connectivity index (χ2v) is 8.44. The number of carbonyl (C=O) groups excluding carboxylic acids is 1. The Kier molecular flexibility index (Phi) is 5.52. The average molecular weight is 397 g/mol. The van der Waals surface area contributed by atoms with Crippen molar-refractivity contribution in [1.82, 2.24) is 14.9 Å². The zero-order valence-corrected chi connectivity index (χ0v) is 17.3. The number of aryl methyl sites for hydroxylation is 2. The fourth-order valence-corrected chi connectivity index (χ4v) is 4.67. The molecule has 0 aliphatic carbocycles. The summed E-state index contributed by atoms with van der Waals surface area (Å²) in [5.74, 6) is 1.82. The van der Waals surface area contributed by atoms with E-state index in [4.69, 9.17) is 4.98 Å². The molecule has 1 aromatic heterocycles. The van der Waals surface area contributed by atoms with Gasteiger partial charge in [-0.2, -0.15) is 0 Å². The summed E-state index contributed by atoms with van der Waals surface area (Å²) >= 11 is 0. The largest absolute Gasteiger partial charge is 0.355 e. The van der Waals surface area contributed by atoms with Crippen molar-refractivity contribution in [3.8, 4) is 0 Å². The van der Waals surface area contributed by atoms with Gasteiger partial charge in [-0.25, -0.2) is 14.4 Å². The van der Waals surface area contributed by atoms with Crippen LogP contribution in [0.25, 0.3) is 0 Å². The summed E-state index contributed by atoms with van der Waals surface area (Å²) in [5, 5.41) is 0. The van der Waals surface area contributed by atoms with Crippen molar-refractivity contribution >= 4 is 11.7 Å². The maximum atomic E-state index is 13.4. The lowest BCUT2D eigenvalue weighted by molar-refractivity contribution is -0.145. The number of hydrogen-bond donors (Lipinski definition) is 0. The standard InChI is InChI=1S/C23H29FN4O/c1-3-5-20-25-17(2)14-21(26-20)28-13-11-23(16-28)10-4-12-27(22(23)29)15-18-6-8-19(24)9-7-18/h6-9,14H,3-5,10-13,15-16H2,1-2H3/t23-/m1/s1. The third-order valence-electron chi connectivity index (χ3n) is 6.15. The van der Waals surface area contributed by atoms with Gasteiger partial charge in [-0.05, 0) is 50.3 Å². The smallest absolute Gasteiger partial charge is 0.230 e. The van der Waals surface area contributed by atoms with Gasteiger partial charge in [0.05, 0.1) is 5.41 Å². The molecule has 2 aliphatic rings. The van der Waals surface area contributed by atoms with E-state index in [0.717, 1.165) is 68.1 Å². The highest BCUT2D eigenvalue weighted by atomic mass is 19.1. The highest BCUT2D eigenvalue weighted by Gasteiger charge is 2.48. The van der Waals surface area contributed by atoms with Crippen LogP contribution in [0.5, 0.6) is 0 Å². The van der Waals surface area contributed by atoms with E-state index in [2.05, 4.69) is 16.8 Å². The first-order valence-corrected chi connectivity index (χ1v) is 10.6. The first kappa shape index (κ1) is 19.8. The Labute approximate surface area is 172 Å². The number of amides is 1. The minimum atomic E-state index is -0.331. The Morgan fingerprint density at radius 1 is 1.14 bits per heavy atom. The van der Waals surface area contributed by atoms with Crippen molar-refractivity contribution < 1.29 is 9.18 Å². The van der Waals surface area contributed by atoms with Gasteiger partial charge in [0, 0.05) is 44.4 Å². The molecular weight excluding hydrogens is 367 g/mol. The van der Waals surface area contributed by atoms with Crippen molar-refractivity contribution in [2.24, 2.45) is 5.41 Å². The van der Waals surface area contributed by atoms with Crippen molar-refractivity contribution in [3.05, 3.63) is 53.2 Å². The molecule has 6 heteroatoms. The molecule has 0 bridgehead atoms. The Balaban J connectivity index is 1.50. The monoisotopic (exact) mass is 396 g/mol. The number of carbonyl (C=O) groups is 1. The van der Waals surface area contributed by atoms with Crippen LogP contribution in [-0.2, 0) is 17.8 Å². The molecule has 0 N–H and O–H groups in total. The van der Waals surface area contributed by atoms with Crippen LogP contribution in [0.15, 0.2) is 30.3 Å². The van der Waals surface area contributed by atoms with Gasteiger partial charge < -0.3 is 9.80 Å². The molecule has 1 aromatic carbocycles. The number of piperidine rings is 1. The summed E-state index contributed by atoms with van der Waals surface area (Å²) < 4.78 is 13.2. The summed E-state index contributed by atoms with van der Waals surface area (Å²) in [4.78, 5) is 26.9. The number of halogens is 1. The topological polar surface area (TPSA) is 49.3 Å². The third kappa shape index (κ3) is 4.11. The van der Waals surface area contributed by atoms with Gasteiger partial charge in [0.25, 0.3) is 0 Å². The maximum Gasteiger partial charge on any atom is 0.230 e. The van der Waals surface area contributed by atoms with Crippen molar-refractivity contribution in [2.45, 2.75) is 52.5 Å². The summed E-state index contributed by atoms with van der Waals surface area (Å²) in [6.07, 6.45) is 4.68. The minimum absolute atomic E-state index is 0.232. The summed E-state index contributed by atoms with van der Waals surface area (Å²) in [7, 11) is 0. The number of nitrogens with zero attached hydrogens (tertiary/aromatic N) is 4. The number of rotatable bonds is 5. The molecule has 1 atom stereocenters. The van der Waals surface area contributed by atoms with E-state index in [-0.39, 0.29) is 17.1 Å². The van der Waals surface area contributed by atoms with Crippen LogP contribution >= 0.6 is 0 Å². The molecular formula is C23H29FN4O. The molecule has 4 rings (SSSR count). The molecule has 2 fully saturated rings. The molecule has 1 spiro atoms. The van der Waals surface area contributed by atoms with E-state index in [1.807, 2.05) is 17.9 Å². The molecule has 2 aromatic rings. The fraction of sp³-hybridized carbons (Fsp3) is 0.522. The number of hydrogen-bond acceptors (Lipinski definition) is 4. The maximum absolute atomic E-state index is 13.4. The SMILES string of the molecule is CCCc1nc(C)cc(N2CC[C@]3(CCCN(Cc4ccc(F)cc4)C3=O)C2)n1. The quantitative estimate of drug-likeness (QED) is 0.769. The summed E-state index contributed by atoms with van der Waals surface area (Å²) in [6, 6.07) is 8.49. The van der Waals surface area contributed by atoms with Crippen molar-refractivity contribution in [2.75, 3.05) is 24.5 Å².